The SMILES string of the molecule is COc1ccc(N(CCCCCCC(=O)NO)S(=O)(=O)c2ccccc2C)cc1. The summed E-state index contributed by atoms with van der Waals surface area (Å²) in [5, 5.41) is 8.51. The Labute approximate surface area is 172 Å². The average Bonchev–Trinajstić information content (AvgIpc) is 2.73. The summed E-state index contributed by atoms with van der Waals surface area (Å²) in [6.07, 6.45) is 3.08. The Morgan fingerprint density at radius 2 is 1.69 bits per heavy atom. The van der Waals surface area contributed by atoms with Crippen molar-refractivity contribution in [1.29, 1.82) is 0 Å². The van der Waals surface area contributed by atoms with Crippen LogP contribution in [-0.2, 0) is 14.8 Å². The molecular formula is C21H28N2O5S. The summed E-state index contributed by atoms with van der Waals surface area (Å²) in [5.41, 5.74) is 2.88. The minimum atomic E-state index is -3.72. The number of hydroxylamine groups is 1. The molecule has 0 aliphatic carbocycles. The summed E-state index contributed by atoms with van der Waals surface area (Å²) in [7, 11) is -2.16. The van der Waals surface area contributed by atoms with Gasteiger partial charge in [0, 0.05) is 13.0 Å². The van der Waals surface area contributed by atoms with Crippen LogP contribution < -0.4 is 14.5 Å². The lowest BCUT2D eigenvalue weighted by Crippen LogP contribution is -2.32. The van der Waals surface area contributed by atoms with E-state index >= 15 is 0 Å². The van der Waals surface area contributed by atoms with Gasteiger partial charge in [-0.3, -0.25) is 14.3 Å². The first kappa shape index (κ1) is 22.7. The molecule has 0 saturated carbocycles. The monoisotopic (exact) mass is 420 g/mol. The molecule has 0 radical (unpaired) electrons. The molecule has 2 N–H and O–H groups in total. The molecule has 0 aliphatic heterocycles. The fourth-order valence-electron chi connectivity index (χ4n) is 3.05. The molecule has 7 nitrogen and oxygen atoms in total. The zero-order valence-electron chi connectivity index (χ0n) is 16.8. The molecule has 2 rings (SSSR count). The molecule has 0 unspecified atom stereocenters. The number of anilines is 1. The van der Waals surface area contributed by atoms with Crippen LogP contribution in [0.2, 0.25) is 0 Å². The topological polar surface area (TPSA) is 95.9 Å². The maximum Gasteiger partial charge on any atom is 0.264 e. The van der Waals surface area contributed by atoms with Crippen molar-refractivity contribution in [2.75, 3.05) is 18.0 Å². The first-order valence-electron chi connectivity index (χ1n) is 9.55. The van der Waals surface area contributed by atoms with Gasteiger partial charge in [0.25, 0.3) is 10.0 Å². The summed E-state index contributed by atoms with van der Waals surface area (Å²) in [6.45, 7) is 2.11. The molecule has 8 heteroatoms. The fraction of sp³-hybridized carbons (Fsp3) is 0.381. The number of aryl methyl sites for hydroxylation is 1. The van der Waals surface area contributed by atoms with E-state index in [0.29, 0.717) is 36.4 Å². The van der Waals surface area contributed by atoms with E-state index in [-0.39, 0.29) is 11.3 Å². The number of carbonyl (C=O) groups is 1. The molecule has 2 aromatic carbocycles. The highest BCUT2D eigenvalue weighted by atomic mass is 32.2. The molecule has 0 aliphatic rings. The number of nitrogens with zero attached hydrogens (tertiary/aromatic N) is 1. The van der Waals surface area contributed by atoms with Crippen molar-refractivity contribution in [3.63, 3.8) is 0 Å². The molecule has 1 amide bonds. The molecule has 0 bridgehead atoms. The summed E-state index contributed by atoms with van der Waals surface area (Å²) in [5.74, 6) is 0.246. The van der Waals surface area contributed by atoms with Crippen LogP contribution in [0.25, 0.3) is 0 Å². The Bertz CT molecular complexity index is 898. The standard InChI is InChI=1S/C21H28N2O5S/c1-17-9-6-7-10-20(17)29(26,27)23(18-12-14-19(28-2)15-13-18)16-8-4-3-5-11-21(24)22-25/h6-7,9-10,12-15,25H,3-5,8,11,16H2,1-2H3,(H,22,24). The van der Waals surface area contributed by atoms with E-state index in [1.54, 1.807) is 62.0 Å². The highest BCUT2D eigenvalue weighted by Gasteiger charge is 2.26. The van der Waals surface area contributed by atoms with Gasteiger partial charge in [0.2, 0.25) is 5.91 Å². The Hall–Kier alpha value is -2.58. The fourth-order valence-corrected chi connectivity index (χ4v) is 4.78. The van der Waals surface area contributed by atoms with Crippen molar-refractivity contribution in [2.24, 2.45) is 0 Å². The molecule has 0 aromatic heterocycles. The predicted molar refractivity (Wildman–Crippen MR) is 112 cm³/mol. The minimum absolute atomic E-state index is 0.250. The molecule has 0 fully saturated rings. The van der Waals surface area contributed by atoms with E-state index in [9.17, 15) is 13.2 Å². The first-order valence-corrected chi connectivity index (χ1v) is 11.0. The van der Waals surface area contributed by atoms with Crippen molar-refractivity contribution in [1.82, 2.24) is 5.48 Å². The lowest BCUT2D eigenvalue weighted by molar-refractivity contribution is -0.129. The molecule has 29 heavy (non-hydrogen) atoms. The van der Waals surface area contributed by atoms with Crippen LogP contribution in [0.1, 0.15) is 37.7 Å². The van der Waals surface area contributed by atoms with Crippen LogP contribution in [0.3, 0.4) is 0 Å². The normalized spacial score (nSPS) is 11.1. The number of hydrogen-bond acceptors (Lipinski definition) is 5. The third-order valence-corrected chi connectivity index (χ3v) is 6.65. The average molecular weight is 421 g/mol. The third kappa shape index (κ3) is 6.20. The van der Waals surface area contributed by atoms with Gasteiger partial charge in [-0.05, 0) is 55.7 Å². The predicted octanol–water partition coefficient (Wildman–Crippen LogP) is 3.65. The van der Waals surface area contributed by atoms with Gasteiger partial charge >= 0.3 is 0 Å². The van der Waals surface area contributed by atoms with Crippen LogP contribution in [0.5, 0.6) is 5.75 Å². The Morgan fingerprint density at radius 3 is 2.31 bits per heavy atom. The second-order valence-electron chi connectivity index (χ2n) is 6.74. The smallest absolute Gasteiger partial charge is 0.264 e. The zero-order chi connectivity index (χ0) is 21.3. The molecule has 0 spiro atoms. The minimum Gasteiger partial charge on any atom is -0.497 e. The quantitative estimate of drug-likeness (QED) is 0.329. The summed E-state index contributed by atoms with van der Waals surface area (Å²) >= 11 is 0. The van der Waals surface area contributed by atoms with Gasteiger partial charge in [0.1, 0.15) is 5.75 Å². The van der Waals surface area contributed by atoms with Gasteiger partial charge < -0.3 is 4.74 Å². The maximum absolute atomic E-state index is 13.4. The first-order chi connectivity index (χ1) is 13.9. The van der Waals surface area contributed by atoms with E-state index in [0.717, 1.165) is 12.8 Å². The van der Waals surface area contributed by atoms with Gasteiger partial charge in [-0.25, -0.2) is 13.9 Å². The Balaban J connectivity index is 2.16. The summed E-state index contributed by atoms with van der Waals surface area (Å²) in [6, 6.07) is 13.9. The zero-order valence-corrected chi connectivity index (χ0v) is 17.6. The number of unbranched alkanes of at least 4 members (excludes halogenated alkanes) is 3. The van der Waals surface area contributed by atoms with E-state index < -0.39 is 15.9 Å². The number of carbonyl (C=O) groups excluding carboxylic acids is 1. The highest BCUT2D eigenvalue weighted by Crippen LogP contribution is 2.28. The molecule has 158 valence electrons. The largest absolute Gasteiger partial charge is 0.497 e. The number of methoxy groups -OCH3 is 1. The number of amides is 1. The van der Waals surface area contributed by atoms with Crippen molar-refractivity contribution >= 4 is 21.6 Å². The van der Waals surface area contributed by atoms with Gasteiger partial charge in [-0.1, -0.05) is 31.0 Å². The molecule has 0 atom stereocenters. The van der Waals surface area contributed by atoms with Gasteiger partial charge in [-0.2, -0.15) is 0 Å². The highest BCUT2D eigenvalue weighted by molar-refractivity contribution is 7.92. The van der Waals surface area contributed by atoms with Crippen LogP contribution in [0, 0.1) is 6.92 Å². The van der Waals surface area contributed by atoms with E-state index in [4.69, 9.17) is 9.94 Å². The molecule has 2 aromatic rings. The lowest BCUT2D eigenvalue weighted by atomic mass is 10.1. The van der Waals surface area contributed by atoms with E-state index in [2.05, 4.69) is 0 Å². The van der Waals surface area contributed by atoms with Crippen molar-refractivity contribution in [2.45, 2.75) is 43.9 Å². The third-order valence-electron chi connectivity index (χ3n) is 4.66. The number of sulfonamides is 1. The molecular weight excluding hydrogens is 392 g/mol. The van der Waals surface area contributed by atoms with Gasteiger partial charge in [-0.15, -0.1) is 0 Å². The van der Waals surface area contributed by atoms with Gasteiger partial charge in [0.15, 0.2) is 0 Å². The lowest BCUT2D eigenvalue weighted by Gasteiger charge is -2.25. The molecule has 0 saturated heterocycles. The second-order valence-corrected chi connectivity index (χ2v) is 8.57. The van der Waals surface area contributed by atoms with E-state index in [1.165, 1.54) is 4.31 Å². The second kappa shape index (κ2) is 10.8. The Morgan fingerprint density at radius 1 is 1.03 bits per heavy atom. The van der Waals surface area contributed by atoms with Crippen molar-refractivity contribution in [3.05, 3.63) is 54.1 Å². The van der Waals surface area contributed by atoms with Crippen LogP contribution in [0.15, 0.2) is 53.4 Å². The van der Waals surface area contributed by atoms with Gasteiger partial charge in [0.05, 0.1) is 17.7 Å². The number of rotatable bonds is 11. The van der Waals surface area contributed by atoms with Crippen LogP contribution in [-0.4, -0.2) is 33.2 Å². The van der Waals surface area contributed by atoms with Crippen LogP contribution >= 0.6 is 0 Å². The number of nitrogens with one attached hydrogen (secondary N) is 1. The number of hydrogen-bond donors (Lipinski definition) is 2. The number of benzene rings is 2. The summed E-state index contributed by atoms with van der Waals surface area (Å²) in [4.78, 5) is 11.3. The maximum atomic E-state index is 13.4. The number of ether oxygens (including phenoxy) is 1. The van der Waals surface area contributed by atoms with E-state index in [1.807, 2.05) is 6.07 Å². The van der Waals surface area contributed by atoms with Crippen molar-refractivity contribution < 1.29 is 23.2 Å². The Kier molecular flexibility index (Phi) is 8.48. The van der Waals surface area contributed by atoms with Crippen molar-refractivity contribution in [3.8, 4) is 5.75 Å². The summed E-state index contributed by atoms with van der Waals surface area (Å²) < 4.78 is 33.3. The van der Waals surface area contributed by atoms with Crippen LogP contribution in [0.4, 0.5) is 5.69 Å². The molecule has 0 heterocycles.